The number of hydrogen-bond donors (Lipinski definition) is 0. The first-order chi connectivity index (χ1) is 24.7. The molecule has 2 aromatic heterocycles. The van der Waals surface area contributed by atoms with Crippen LogP contribution in [0, 0.1) is 29.2 Å². The van der Waals surface area contributed by atoms with Gasteiger partial charge in [0.15, 0.2) is 5.69 Å². The average Bonchev–Trinajstić information content (AvgIpc) is 3.69. The molecule has 50 heavy (non-hydrogen) atoms. The van der Waals surface area contributed by atoms with Gasteiger partial charge in [0.25, 0.3) is 0 Å². The van der Waals surface area contributed by atoms with E-state index in [4.69, 9.17) is 6.57 Å². The van der Waals surface area contributed by atoms with Gasteiger partial charge in [-0.05, 0) is 89.3 Å². The van der Waals surface area contributed by atoms with Crippen LogP contribution in [-0.4, -0.2) is 9.13 Å². The van der Waals surface area contributed by atoms with Gasteiger partial charge in [0, 0.05) is 33.0 Å². The summed E-state index contributed by atoms with van der Waals surface area (Å²) in [6, 6.07) is 55.7. The number of fused-ring (bicyclic) bond motifs is 6. The van der Waals surface area contributed by atoms with Crippen molar-refractivity contribution >= 4 is 49.3 Å². The van der Waals surface area contributed by atoms with Crippen molar-refractivity contribution in [2.24, 2.45) is 0 Å². The number of rotatable bonds is 4. The van der Waals surface area contributed by atoms with Crippen molar-refractivity contribution < 1.29 is 0 Å². The molecule has 9 rings (SSSR count). The third kappa shape index (κ3) is 4.38. The molecule has 0 aliphatic rings. The van der Waals surface area contributed by atoms with E-state index in [1.54, 1.807) is 0 Å². The Morgan fingerprint density at radius 1 is 0.480 bits per heavy atom. The molecule has 0 unspecified atom stereocenters. The highest BCUT2D eigenvalue weighted by Gasteiger charge is 2.19. The Labute approximate surface area is 288 Å². The zero-order valence-corrected chi connectivity index (χ0v) is 26.7. The van der Waals surface area contributed by atoms with Gasteiger partial charge in [0.1, 0.15) is 0 Å². The standard InChI is InChI=1S/C45H25N5/c1-48-33-19-22-45-40(26-33)37-14-5-7-16-42(37)50(45)44-21-18-31(25-39(44)35-12-3-2-9-32(35)28-47)30-10-8-11-34(24-30)49-41-15-6-4-13-36(41)38-23-29(27-46)17-20-43(38)49/h2-26H. The van der Waals surface area contributed by atoms with E-state index in [1.807, 2.05) is 84.9 Å². The summed E-state index contributed by atoms with van der Waals surface area (Å²) >= 11 is 0. The zero-order valence-electron chi connectivity index (χ0n) is 26.7. The fourth-order valence-electron chi connectivity index (χ4n) is 7.38. The number of aromatic nitrogens is 2. The lowest BCUT2D eigenvalue weighted by Gasteiger charge is -2.17. The molecule has 0 aliphatic heterocycles. The van der Waals surface area contributed by atoms with Crippen molar-refractivity contribution in [3.8, 4) is 45.8 Å². The first-order valence-corrected chi connectivity index (χ1v) is 16.3. The second-order valence-electron chi connectivity index (χ2n) is 12.3. The molecular weight excluding hydrogens is 611 g/mol. The van der Waals surface area contributed by atoms with Crippen LogP contribution in [0.25, 0.3) is 82.1 Å². The van der Waals surface area contributed by atoms with Crippen molar-refractivity contribution in [3.63, 3.8) is 0 Å². The summed E-state index contributed by atoms with van der Waals surface area (Å²) in [6.45, 7) is 7.63. The molecule has 0 spiro atoms. The lowest BCUT2D eigenvalue weighted by molar-refractivity contribution is 1.18. The highest BCUT2D eigenvalue weighted by atomic mass is 15.0. The van der Waals surface area contributed by atoms with E-state index in [2.05, 4.69) is 92.8 Å². The van der Waals surface area contributed by atoms with Crippen LogP contribution in [0.4, 0.5) is 5.69 Å². The third-order valence-electron chi connectivity index (χ3n) is 9.60. The maximum absolute atomic E-state index is 10.2. The summed E-state index contributed by atoms with van der Waals surface area (Å²) in [7, 11) is 0. The predicted molar refractivity (Wildman–Crippen MR) is 202 cm³/mol. The van der Waals surface area contributed by atoms with Crippen LogP contribution < -0.4 is 0 Å². The fraction of sp³-hybridized carbons (Fsp3) is 0. The van der Waals surface area contributed by atoms with E-state index >= 15 is 0 Å². The zero-order chi connectivity index (χ0) is 33.8. The SMILES string of the molecule is [C-]#[N+]c1ccc2c(c1)c1ccccc1n2-c1ccc(-c2cccc(-n3c4ccccc4c4cc(C#N)ccc43)c2)cc1-c1ccccc1C#N. The van der Waals surface area contributed by atoms with E-state index in [9.17, 15) is 10.5 Å². The lowest BCUT2D eigenvalue weighted by atomic mass is 9.94. The summed E-state index contributed by atoms with van der Waals surface area (Å²) in [5.41, 5.74) is 11.8. The number of nitriles is 2. The number of benzene rings is 7. The van der Waals surface area contributed by atoms with Gasteiger partial charge in [-0.2, -0.15) is 10.5 Å². The highest BCUT2D eigenvalue weighted by Crippen LogP contribution is 2.41. The molecule has 5 nitrogen and oxygen atoms in total. The second-order valence-corrected chi connectivity index (χ2v) is 12.3. The predicted octanol–water partition coefficient (Wildman–Crippen LogP) is 11.5. The van der Waals surface area contributed by atoms with Crippen molar-refractivity contribution in [2.75, 3.05) is 0 Å². The number of hydrogen-bond acceptors (Lipinski definition) is 2. The maximum atomic E-state index is 10.2. The van der Waals surface area contributed by atoms with Gasteiger partial charge in [0.2, 0.25) is 0 Å². The Morgan fingerprint density at radius 2 is 1.14 bits per heavy atom. The molecule has 0 amide bonds. The van der Waals surface area contributed by atoms with E-state index in [0.29, 0.717) is 16.8 Å². The molecule has 0 fully saturated rings. The topological polar surface area (TPSA) is 61.8 Å². The van der Waals surface area contributed by atoms with E-state index in [0.717, 1.165) is 77.2 Å². The van der Waals surface area contributed by atoms with Crippen molar-refractivity contribution in [1.29, 1.82) is 10.5 Å². The molecule has 0 N–H and O–H groups in total. The first kappa shape index (κ1) is 28.8. The molecule has 0 atom stereocenters. The van der Waals surface area contributed by atoms with Gasteiger partial charge >= 0.3 is 0 Å². The van der Waals surface area contributed by atoms with Gasteiger partial charge in [-0.3, -0.25) is 0 Å². The van der Waals surface area contributed by atoms with E-state index in [-0.39, 0.29) is 0 Å². The molecule has 0 aliphatic carbocycles. The van der Waals surface area contributed by atoms with Gasteiger partial charge in [0.05, 0.1) is 57.6 Å². The molecule has 7 aromatic carbocycles. The minimum Gasteiger partial charge on any atom is -0.309 e. The summed E-state index contributed by atoms with van der Waals surface area (Å²) < 4.78 is 4.50. The molecule has 0 bridgehead atoms. The largest absolute Gasteiger partial charge is 0.309 e. The van der Waals surface area contributed by atoms with Gasteiger partial charge in [-0.15, -0.1) is 0 Å². The van der Waals surface area contributed by atoms with Gasteiger partial charge in [-0.1, -0.05) is 78.9 Å². The smallest absolute Gasteiger partial charge is 0.188 e. The van der Waals surface area contributed by atoms with Crippen LogP contribution in [-0.2, 0) is 0 Å². The van der Waals surface area contributed by atoms with Gasteiger partial charge < -0.3 is 9.13 Å². The maximum Gasteiger partial charge on any atom is 0.188 e. The highest BCUT2D eigenvalue weighted by molar-refractivity contribution is 6.11. The van der Waals surface area contributed by atoms with Crippen LogP contribution in [0.1, 0.15) is 11.1 Å². The Kier molecular flexibility index (Phi) is 6.56. The summed E-state index contributed by atoms with van der Waals surface area (Å²) in [5, 5.41) is 24.1. The monoisotopic (exact) mass is 635 g/mol. The van der Waals surface area contributed by atoms with E-state index < -0.39 is 0 Å². The lowest BCUT2D eigenvalue weighted by Crippen LogP contribution is -1.99. The van der Waals surface area contributed by atoms with E-state index in [1.165, 1.54) is 0 Å². The fourth-order valence-corrected chi connectivity index (χ4v) is 7.38. The molecule has 0 saturated heterocycles. The molecule has 9 aromatic rings. The number of nitrogens with zero attached hydrogens (tertiary/aromatic N) is 5. The molecule has 0 radical (unpaired) electrons. The normalized spacial score (nSPS) is 11.1. The molecule has 2 heterocycles. The first-order valence-electron chi connectivity index (χ1n) is 16.3. The molecule has 230 valence electrons. The quantitative estimate of drug-likeness (QED) is 0.181. The van der Waals surface area contributed by atoms with Crippen molar-refractivity contribution in [3.05, 3.63) is 174 Å². The average molecular weight is 636 g/mol. The van der Waals surface area contributed by atoms with Crippen LogP contribution in [0.2, 0.25) is 0 Å². The van der Waals surface area contributed by atoms with Crippen LogP contribution in [0.3, 0.4) is 0 Å². The molecular formula is C45H25N5. The Hall–Kier alpha value is -7.39. The van der Waals surface area contributed by atoms with Gasteiger partial charge in [-0.25, -0.2) is 4.85 Å². The minimum atomic E-state index is 0.595. The summed E-state index contributed by atoms with van der Waals surface area (Å²) in [5.74, 6) is 0. The summed E-state index contributed by atoms with van der Waals surface area (Å²) in [6.07, 6.45) is 0. The minimum absolute atomic E-state index is 0.595. The number of para-hydroxylation sites is 2. The Morgan fingerprint density at radius 3 is 1.92 bits per heavy atom. The summed E-state index contributed by atoms with van der Waals surface area (Å²) in [4.78, 5) is 3.70. The van der Waals surface area contributed by atoms with Crippen LogP contribution in [0.5, 0.6) is 0 Å². The third-order valence-corrected chi connectivity index (χ3v) is 9.60. The van der Waals surface area contributed by atoms with Crippen LogP contribution in [0.15, 0.2) is 152 Å². The van der Waals surface area contributed by atoms with Crippen LogP contribution >= 0.6 is 0 Å². The molecule has 5 heteroatoms. The second kappa shape index (κ2) is 11.4. The Balaban J connectivity index is 1.28. The van der Waals surface area contributed by atoms with Crippen molar-refractivity contribution in [1.82, 2.24) is 9.13 Å². The Bertz CT molecular complexity index is 2970. The van der Waals surface area contributed by atoms with Crippen molar-refractivity contribution in [2.45, 2.75) is 0 Å². The molecule has 0 saturated carbocycles.